The van der Waals surface area contributed by atoms with E-state index in [2.05, 4.69) is 15.3 Å². The third kappa shape index (κ3) is 5.43. The number of methoxy groups -OCH3 is 1. The number of carboxylic acid groups (broad SMARTS) is 2. The summed E-state index contributed by atoms with van der Waals surface area (Å²) in [5.41, 5.74) is -0.0326. The minimum absolute atomic E-state index is 0.00118. The number of amides is 1. The molecular weight excluding hydrogens is 473 g/mol. The summed E-state index contributed by atoms with van der Waals surface area (Å²) >= 11 is 11.4. The van der Waals surface area contributed by atoms with Crippen LogP contribution in [0.15, 0.2) is 29.4 Å². The van der Waals surface area contributed by atoms with Crippen LogP contribution < -0.4 is 10.1 Å². The first-order valence-corrected chi connectivity index (χ1v) is 10.5. The predicted octanol–water partition coefficient (Wildman–Crippen LogP) is 4.08. The van der Waals surface area contributed by atoms with Gasteiger partial charge in [-0.15, -0.1) is 0 Å². The molecule has 1 aromatic heterocycles. The largest absolute Gasteiger partial charge is 0.494 e. The number of aryl methyl sites for hydroxylation is 1. The average molecular weight is 496 g/mol. The first-order valence-electron chi connectivity index (χ1n) is 9.70. The first-order chi connectivity index (χ1) is 15.3. The highest BCUT2D eigenvalue weighted by Crippen LogP contribution is 2.33. The molecular formula is C22H23Cl2N3O6. The van der Waals surface area contributed by atoms with Gasteiger partial charge in [0.05, 0.1) is 22.7 Å². The molecule has 33 heavy (non-hydrogen) atoms. The predicted molar refractivity (Wildman–Crippen MR) is 124 cm³/mol. The summed E-state index contributed by atoms with van der Waals surface area (Å²) in [6.07, 6.45) is 1.56. The number of nitrogens with one attached hydrogen (secondary N) is 1. The van der Waals surface area contributed by atoms with Gasteiger partial charge in [0.2, 0.25) is 0 Å². The number of halogens is 2. The van der Waals surface area contributed by atoms with E-state index in [9.17, 15) is 19.5 Å². The van der Waals surface area contributed by atoms with Crippen LogP contribution in [-0.4, -0.2) is 51.5 Å². The summed E-state index contributed by atoms with van der Waals surface area (Å²) in [5.74, 6) is -2.18. The fourth-order valence-electron chi connectivity index (χ4n) is 2.90. The van der Waals surface area contributed by atoms with Crippen molar-refractivity contribution in [3.63, 3.8) is 0 Å². The molecule has 2 heterocycles. The number of carbonyl (C=O) groups excluding carboxylic acids is 1. The Morgan fingerprint density at radius 1 is 1.15 bits per heavy atom. The van der Waals surface area contributed by atoms with Crippen LogP contribution in [-0.2, 0) is 4.79 Å². The number of carbonyl (C=O) groups is 3. The van der Waals surface area contributed by atoms with E-state index in [1.165, 1.54) is 25.3 Å². The van der Waals surface area contributed by atoms with Gasteiger partial charge in [0, 0.05) is 6.20 Å². The highest BCUT2D eigenvalue weighted by atomic mass is 35.5. The lowest BCUT2D eigenvalue weighted by molar-refractivity contribution is -0.124. The highest BCUT2D eigenvalue weighted by Gasteiger charge is 2.43. The third-order valence-corrected chi connectivity index (χ3v) is 5.73. The van der Waals surface area contributed by atoms with Crippen molar-refractivity contribution >= 4 is 46.9 Å². The van der Waals surface area contributed by atoms with Gasteiger partial charge in [0.15, 0.2) is 11.6 Å². The maximum Gasteiger partial charge on any atom is 0.341 e. The quantitative estimate of drug-likeness (QED) is 0.567. The number of amidine groups is 1. The van der Waals surface area contributed by atoms with E-state index in [1.54, 1.807) is 20.0 Å². The second kappa shape index (κ2) is 10.2. The van der Waals surface area contributed by atoms with Crippen molar-refractivity contribution in [2.24, 2.45) is 10.9 Å². The number of carboxylic acids is 2. The van der Waals surface area contributed by atoms with Crippen molar-refractivity contribution in [3.8, 4) is 5.75 Å². The summed E-state index contributed by atoms with van der Waals surface area (Å²) < 4.78 is 4.82. The minimum atomic E-state index is -1.16. The van der Waals surface area contributed by atoms with Crippen molar-refractivity contribution in [1.82, 2.24) is 10.3 Å². The fourth-order valence-corrected chi connectivity index (χ4v) is 3.37. The molecule has 1 aliphatic rings. The van der Waals surface area contributed by atoms with Crippen LogP contribution >= 0.6 is 23.2 Å². The Kier molecular flexibility index (Phi) is 8.05. The van der Waals surface area contributed by atoms with Gasteiger partial charge in [-0.2, -0.15) is 0 Å². The number of aliphatic imine (C=N–C) groups is 1. The van der Waals surface area contributed by atoms with Crippen LogP contribution in [0, 0.1) is 12.8 Å². The molecule has 1 amide bonds. The number of ether oxygens (including phenoxy) is 1. The number of hydrogen-bond acceptors (Lipinski definition) is 6. The van der Waals surface area contributed by atoms with E-state index in [-0.39, 0.29) is 50.3 Å². The molecule has 11 heteroatoms. The van der Waals surface area contributed by atoms with E-state index < -0.39 is 17.5 Å². The van der Waals surface area contributed by atoms with Crippen molar-refractivity contribution in [2.75, 3.05) is 7.11 Å². The van der Waals surface area contributed by atoms with E-state index in [0.29, 0.717) is 0 Å². The first kappa shape index (κ1) is 26.1. The summed E-state index contributed by atoms with van der Waals surface area (Å²) in [6.45, 7) is 7.28. The Labute approximate surface area is 200 Å². The SMILES string of the molecule is COc1c(Cl)ccc(Cl)c1C(=O)O.Cc1cnc(C2=NC(C)(C(C)C)C(=O)N2)c(C(=O)O)c1. The number of rotatable bonds is 5. The average Bonchev–Trinajstić information content (AvgIpc) is 3.05. The maximum atomic E-state index is 12.1. The van der Waals surface area contributed by atoms with E-state index >= 15 is 0 Å². The summed E-state index contributed by atoms with van der Waals surface area (Å²) in [5, 5.41) is 21.0. The molecule has 1 aromatic carbocycles. The zero-order valence-corrected chi connectivity index (χ0v) is 20.1. The molecule has 1 unspecified atom stereocenters. The normalized spacial score (nSPS) is 17.1. The van der Waals surface area contributed by atoms with Crippen molar-refractivity contribution < 1.29 is 29.3 Å². The van der Waals surface area contributed by atoms with E-state index in [0.717, 1.165) is 5.56 Å². The Hall–Kier alpha value is -3.17. The number of hydrogen-bond donors (Lipinski definition) is 3. The Bertz CT molecular complexity index is 1150. The van der Waals surface area contributed by atoms with Crippen molar-refractivity contribution in [3.05, 3.63) is 56.8 Å². The number of aromatic carboxylic acids is 2. The number of nitrogens with zero attached hydrogens (tertiary/aromatic N) is 2. The van der Waals surface area contributed by atoms with Gasteiger partial charge >= 0.3 is 11.9 Å². The fraction of sp³-hybridized carbons (Fsp3) is 0.318. The van der Waals surface area contributed by atoms with Crippen LogP contribution in [0.5, 0.6) is 5.75 Å². The van der Waals surface area contributed by atoms with Gasteiger partial charge in [-0.1, -0.05) is 37.0 Å². The second-order valence-corrected chi connectivity index (χ2v) is 8.49. The Balaban J connectivity index is 0.000000257. The molecule has 2 aromatic rings. The number of pyridine rings is 1. The van der Waals surface area contributed by atoms with Gasteiger partial charge in [0.1, 0.15) is 16.8 Å². The van der Waals surface area contributed by atoms with Crippen LogP contribution in [0.25, 0.3) is 0 Å². The van der Waals surface area contributed by atoms with Crippen LogP contribution in [0.1, 0.15) is 52.7 Å². The van der Waals surface area contributed by atoms with Gasteiger partial charge < -0.3 is 20.3 Å². The monoisotopic (exact) mass is 495 g/mol. The molecule has 0 saturated heterocycles. The second-order valence-electron chi connectivity index (χ2n) is 7.67. The lowest BCUT2D eigenvalue weighted by Gasteiger charge is -2.21. The minimum Gasteiger partial charge on any atom is -0.494 e. The van der Waals surface area contributed by atoms with Crippen LogP contribution in [0.3, 0.4) is 0 Å². The standard InChI is InChI=1S/C14H17N3O3.C8H6Cl2O3/c1-7(2)14(4)13(20)16-11(17-14)10-9(12(18)19)5-8(3)6-15-10;1-13-7-5(10)3-2-4(9)6(7)8(11)12/h5-7H,1-4H3,(H,18,19)(H,16,17,20);2-3H,1H3,(H,11,12). The molecule has 0 aliphatic carbocycles. The van der Waals surface area contributed by atoms with Crippen molar-refractivity contribution in [1.29, 1.82) is 0 Å². The summed E-state index contributed by atoms with van der Waals surface area (Å²) in [4.78, 5) is 42.6. The number of aromatic nitrogens is 1. The Morgan fingerprint density at radius 3 is 2.21 bits per heavy atom. The lowest BCUT2D eigenvalue weighted by atomic mass is 9.89. The maximum absolute atomic E-state index is 12.1. The summed E-state index contributed by atoms with van der Waals surface area (Å²) in [6, 6.07) is 4.41. The van der Waals surface area contributed by atoms with Crippen molar-refractivity contribution in [2.45, 2.75) is 33.2 Å². The molecule has 1 atom stereocenters. The van der Waals surface area contributed by atoms with E-state index in [1.807, 2.05) is 13.8 Å². The smallest absolute Gasteiger partial charge is 0.341 e. The molecule has 0 bridgehead atoms. The highest BCUT2D eigenvalue weighted by molar-refractivity contribution is 6.37. The molecule has 1 aliphatic heterocycles. The van der Waals surface area contributed by atoms with E-state index in [4.69, 9.17) is 33.0 Å². The van der Waals surface area contributed by atoms with Crippen LogP contribution in [0.2, 0.25) is 10.0 Å². The van der Waals surface area contributed by atoms with Gasteiger partial charge in [-0.05, 0) is 43.5 Å². The number of benzene rings is 1. The zero-order chi connectivity index (χ0) is 25.1. The van der Waals surface area contributed by atoms with Gasteiger partial charge in [0.25, 0.3) is 5.91 Å². The zero-order valence-electron chi connectivity index (χ0n) is 18.6. The molecule has 176 valence electrons. The summed E-state index contributed by atoms with van der Waals surface area (Å²) in [7, 11) is 1.34. The molecule has 0 saturated carbocycles. The third-order valence-electron chi connectivity index (χ3n) is 5.12. The lowest BCUT2D eigenvalue weighted by Crippen LogP contribution is -2.41. The molecule has 0 fully saturated rings. The van der Waals surface area contributed by atoms with Crippen LogP contribution in [0.4, 0.5) is 0 Å². The Morgan fingerprint density at radius 2 is 1.76 bits per heavy atom. The molecule has 0 spiro atoms. The topological polar surface area (TPSA) is 138 Å². The van der Waals surface area contributed by atoms with Gasteiger partial charge in [-0.25, -0.2) is 14.6 Å². The van der Waals surface area contributed by atoms with Gasteiger partial charge in [-0.3, -0.25) is 9.78 Å². The molecule has 9 nitrogen and oxygen atoms in total. The molecule has 0 radical (unpaired) electrons. The molecule has 3 N–H and O–H groups in total. The molecule has 3 rings (SSSR count).